The van der Waals surface area contributed by atoms with Crippen molar-refractivity contribution in [3.05, 3.63) is 23.8 Å². The van der Waals surface area contributed by atoms with Crippen molar-refractivity contribution in [1.82, 2.24) is 15.5 Å². The summed E-state index contributed by atoms with van der Waals surface area (Å²) in [6.45, 7) is 2.49. The van der Waals surface area contributed by atoms with Gasteiger partial charge in [-0.15, -0.1) is 0 Å². The van der Waals surface area contributed by atoms with Gasteiger partial charge in [-0.3, -0.25) is 14.5 Å². The Morgan fingerprint density at radius 1 is 1.21 bits per heavy atom. The predicted octanol–water partition coefficient (Wildman–Crippen LogP) is 2.31. The van der Waals surface area contributed by atoms with Gasteiger partial charge >= 0.3 is 6.03 Å². The van der Waals surface area contributed by atoms with E-state index in [4.69, 9.17) is 9.47 Å². The molecule has 1 saturated carbocycles. The van der Waals surface area contributed by atoms with E-state index in [0.717, 1.165) is 24.8 Å². The van der Waals surface area contributed by atoms with Crippen LogP contribution in [0.15, 0.2) is 18.2 Å². The number of hydrogen-bond donors (Lipinski definition) is 2. The van der Waals surface area contributed by atoms with Crippen molar-refractivity contribution in [2.45, 2.75) is 64.1 Å². The van der Waals surface area contributed by atoms with Crippen LogP contribution in [0.5, 0.6) is 11.5 Å². The number of ether oxygens (including phenoxy) is 2. The first kappa shape index (κ1) is 19.5. The molecule has 2 heterocycles. The van der Waals surface area contributed by atoms with Gasteiger partial charge in [-0.2, -0.15) is 0 Å². The van der Waals surface area contributed by atoms with Gasteiger partial charge in [-0.25, -0.2) is 4.79 Å². The van der Waals surface area contributed by atoms with E-state index >= 15 is 0 Å². The quantitative estimate of drug-likeness (QED) is 0.713. The number of nitrogens with one attached hydrogen (secondary N) is 2. The molecule has 8 heteroatoms. The Labute approximate surface area is 169 Å². The van der Waals surface area contributed by atoms with Gasteiger partial charge in [-0.1, -0.05) is 25.8 Å². The summed E-state index contributed by atoms with van der Waals surface area (Å²) in [6, 6.07) is 4.47. The molecule has 8 nitrogen and oxygen atoms in total. The third kappa shape index (κ3) is 4.31. The second-order valence-electron chi connectivity index (χ2n) is 8.09. The lowest BCUT2D eigenvalue weighted by Crippen LogP contribution is -2.41. The van der Waals surface area contributed by atoms with Gasteiger partial charge < -0.3 is 20.1 Å². The number of urea groups is 1. The van der Waals surface area contributed by atoms with E-state index < -0.39 is 12.1 Å². The molecule has 0 unspecified atom stereocenters. The SMILES string of the molecule is C[C@@H]1CCCC[C@H]1NC(=O)CC[C@@H]1NC(=O)N(Cc2ccc3c(c2)OCO3)C1=O. The van der Waals surface area contributed by atoms with Crippen molar-refractivity contribution in [2.75, 3.05) is 6.79 Å². The highest BCUT2D eigenvalue weighted by Crippen LogP contribution is 2.33. The summed E-state index contributed by atoms with van der Waals surface area (Å²) in [5.74, 6) is 1.39. The van der Waals surface area contributed by atoms with E-state index in [1.165, 1.54) is 11.3 Å². The summed E-state index contributed by atoms with van der Waals surface area (Å²) in [4.78, 5) is 38.4. The maximum Gasteiger partial charge on any atom is 0.325 e. The van der Waals surface area contributed by atoms with Crippen molar-refractivity contribution in [3.63, 3.8) is 0 Å². The van der Waals surface area contributed by atoms with Gasteiger partial charge in [0.2, 0.25) is 12.7 Å². The van der Waals surface area contributed by atoms with E-state index in [9.17, 15) is 14.4 Å². The van der Waals surface area contributed by atoms with Crippen LogP contribution >= 0.6 is 0 Å². The van der Waals surface area contributed by atoms with Crippen LogP contribution in [-0.4, -0.2) is 41.6 Å². The van der Waals surface area contributed by atoms with Gasteiger partial charge in [-0.05, 0) is 42.9 Å². The molecular weight excluding hydrogens is 374 g/mol. The molecule has 4 rings (SSSR count). The van der Waals surface area contributed by atoms with Gasteiger partial charge in [0.15, 0.2) is 11.5 Å². The molecule has 156 valence electrons. The van der Waals surface area contributed by atoms with Crippen LogP contribution < -0.4 is 20.1 Å². The zero-order valence-corrected chi connectivity index (χ0v) is 16.6. The summed E-state index contributed by atoms with van der Waals surface area (Å²) >= 11 is 0. The number of carbonyl (C=O) groups excluding carboxylic acids is 3. The van der Waals surface area contributed by atoms with Crippen molar-refractivity contribution in [3.8, 4) is 11.5 Å². The average Bonchev–Trinajstić information content (AvgIpc) is 3.27. The monoisotopic (exact) mass is 401 g/mol. The lowest BCUT2D eigenvalue weighted by Gasteiger charge is -2.29. The summed E-state index contributed by atoms with van der Waals surface area (Å²) in [5.41, 5.74) is 0.780. The van der Waals surface area contributed by atoms with Gasteiger partial charge in [0.25, 0.3) is 5.91 Å². The predicted molar refractivity (Wildman–Crippen MR) is 104 cm³/mol. The topological polar surface area (TPSA) is 97.0 Å². The van der Waals surface area contributed by atoms with Crippen LogP contribution in [0.4, 0.5) is 4.79 Å². The first-order valence-electron chi connectivity index (χ1n) is 10.3. The minimum absolute atomic E-state index is 0.0555. The number of amides is 4. The Bertz CT molecular complexity index is 812. The maximum absolute atomic E-state index is 12.7. The second-order valence-corrected chi connectivity index (χ2v) is 8.09. The molecule has 29 heavy (non-hydrogen) atoms. The molecule has 1 aromatic rings. The van der Waals surface area contributed by atoms with Crippen LogP contribution in [0, 0.1) is 5.92 Å². The summed E-state index contributed by atoms with van der Waals surface area (Å²) in [7, 11) is 0. The largest absolute Gasteiger partial charge is 0.454 e. The lowest BCUT2D eigenvalue weighted by molar-refractivity contribution is -0.128. The molecule has 2 aliphatic heterocycles. The van der Waals surface area contributed by atoms with Crippen molar-refractivity contribution < 1.29 is 23.9 Å². The van der Waals surface area contributed by atoms with Gasteiger partial charge in [0, 0.05) is 12.5 Å². The van der Waals surface area contributed by atoms with Crippen molar-refractivity contribution in [2.24, 2.45) is 5.92 Å². The molecule has 3 atom stereocenters. The summed E-state index contributed by atoms with van der Waals surface area (Å²) in [6.07, 6.45) is 5.02. The summed E-state index contributed by atoms with van der Waals surface area (Å²) in [5, 5.41) is 5.79. The molecule has 2 N–H and O–H groups in total. The number of imide groups is 1. The number of carbonyl (C=O) groups is 3. The first-order valence-corrected chi connectivity index (χ1v) is 10.3. The first-order chi connectivity index (χ1) is 14.0. The molecule has 1 saturated heterocycles. The van der Waals surface area contributed by atoms with Gasteiger partial charge in [0.1, 0.15) is 6.04 Å². The van der Waals surface area contributed by atoms with Crippen LogP contribution in [0.2, 0.25) is 0 Å². The fourth-order valence-electron chi connectivity index (χ4n) is 4.23. The molecule has 1 aliphatic carbocycles. The smallest absolute Gasteiger partial charge is 0.325 e. The van der Waals surface area contributed by atoms with Crippen LogP contribution in [0.1, 0.15) is 51.0 Å². The van der Waals surface area contributed by atoms with Crippen LogP contribution in [0.3, 0.4) is 0 Å². The van der Waals surface area contributed by atoms with Gasteiger partial charge in [0.05, 0.1) is 6.54 Å². The number of hydrogen-bond acceptors (Lipinski definition) is 5. The minimum Gasteiger partial charge on any atom is -0.454 e. The van der Waals surface area contributed by atoms with E-state index in [1.54, 1.807) is 18.2 Å². The highest BCUT2D eigenvalue weighted by molar-refractivity contribution is 6.04. The third-order valence-electron chi connectivity index (χ3n) is 6.00. The van der Waals surface area contributed by atoms with Crippen LogP contribution in [0.25, 0.3) is 0 Å². The maximum atomic E-state index is 12.7. The Morgan fingerprint density at radius 3 is 2.83 bits per heavy atom. The fourth-order valence-corrected chi connectivity index (χ4v) is 4.23. The molecule has 0 aromatic heterocycles. The van der Waals surface area contributed by atoms with Crippen molar-refractivity contribution >= 4 is 17.8 Å². The van der Waals surface area contributed by atoms with Crippen LogP contribution in [-0.2, 0) is 16.1 Å². The van der Waals surface area contributed by atoms with Crippen molar-refractivity contribution in [1.29, 1.82) is 0 Å². The molecule has 4 amide bonds. The van der Waals surface area contributed by atoms with E-state index in [1.807, 2.05) is 0 Å². The zero-order chi connectivity index (χ0) is 20.4. The Hall–Kier alpha value is -2.77. The molecule has 0 bridgehead atoms. The number of fused-ring (bicyclic) bond motifs is 1. The lowest BCUT2D eigenvalue weighted by atomic mass is 9.86. The van der Waals surface area contributed by atoms with E-state index in [2.05, 4.69) is 17.6 Å². The fraction of sp³-hybridized carbons (Fsp3) is 0.571. The third-order valence-corrected chi connectivity index (χ3v) is 6.00. The number of benzene rings is 1. The molecule has 0 spiro atoms. The minimum atomic E-state index is -0.661. The molecule has 2 fully saturated rings. The molecule has 3 aliphatic rings. The Kier molecular flexibility index (Phi) is 5.60. The highest BCUT2D eigenvalue weighted by atomic mass is 16.7. The molecule has 0 radical (unpaired) electrons. The molecule has 1 aromatic carbocycles. The summed E-state index contributed by atoms with van der Waals surface area (Å²) < 4.78 is 10.6. The number of rotatable bonds is 6. The Morgan fingerprint density at radius 2 is 2.00 bits per heavy atom. The number of nitrogens with zero attached hydrogens (tertiary/aromatic N) is 1. The van der Waals surface area contributed by atoms with E-state index in [0.29, 0.717) is 23.8 Å². The van der Waals surface area contributed by atoms with E-state index in [-0.39, 0.29) is 37.6 Å². The molecular formula is C21H27N3O5. The second kappa shape index (κ2) is 8.31. The average molecular weight is 401 g/mol. The Balaban J connectivity index is 1.29. The zero-order valence-electron chi connectivity index (χ0n) is 16.6. The standard InChI is InChI=1S/C21H27N3O5/c1-13-4-2-3-5-15(13)22-19(25)9-7-16-20(26)24(21(27)23-16)11-14-6-8-17-18(10-14)29-12-28-17/h6,8,10,13,15-16H,2-5,7,9,11-12H2,1H3,(H,22,25)(H,23,27)/t13-,15-,16+/m1/s1. The highest BCUT2D eigenvalue weighted by Gasteiger charge is 2.38. The normalized spacial score (nSPS) is 25.8.